The lowest BCUT2D eigenvalue weighted by Crippen LogP contribution is -2.32. The van der Waals surface area contributed by atoms with Crippen molar-refractivity contribution in [2.45, 2.75) is 25.8 Å². The van der Waals surface area contributed by atoms with Gasteiger partial charge in [-0.15, -0.1) is 0 Å². The van der Waals surface area contributed by atoms with Gasteiger partial charge in [0.2, 0.25) is 0 Å². The largest absolute Gasteiger partial charge is 0.329 e. The molecule has 0 radical (unpaired) electrons. The molecule has 1 aromatic carbocycles. The van der Waals surface area contributed by atoms with Gasteiger partial charge in [0, 0.05) is 19.1 Å². The summed E-state index contributed by atoms with van der Waals surface area (Å²) >= 11 is 12.4. The van der Waals surface area contributed by atoms with Gasteiger partial charge < -0.3 is 5.73 Å². The number of likely N-dealkylation sites (tertiary alicyclic amines) is 1. The summed E-state index contributed by atoms with van der Waals surface area (Å²) in [6, 6.07) is 5.98. The topological polar surface area (TPSA) is 29.3 Å². The van der Waals surface area contributed by atoms with Crippen LogP contribution in [-0.4, -0.2) is 24.5 Å². The number of nitrogens with two attached hydrogens (primary N) is 1. The van der Waals surface area contributed by atoms with E-state index in [4.69, 9.17) is 28.9 Å². The first-order chi connectivity index (χ1) is 8.67. The number of nitrogens with zero attached hydrogens (tertiary/aromatic N) is 1. The zero-order chi connectivity index (χ0) is 13.1. The summed E-state index contributed by atoms with van der Waals surface area (Å²) in [5.41, 5.74) is 7.01. The third-order valence-electron chi connectivity index (χ3n) is 3.90. The van der Waals surface area contributed by atoms with Gasteiger partial charge in [-0.05, 0) is 30.5 Å². The second-order valence-corrected chi connectivity index (χ2v) is 5.74. The van der Waals surface area contributed by atoms with Crippen LogP contribution in [0.3, 0.4) is 0 Å². The maximum atomic E-state index is 6.30. The molecule has 1 aliphatic heterocycles. The molecule has 2 rings (SSSR count). The molecular formula is C14H20Cl2N2. The van der Waals surface area contributed by atoms with Crippen LogP contribution in [0.5, 0.6) is 0 Å². The Hall–Kier alpha value is -0.280. The summed E-state index contributed by atoms with van der Waals surface area (Å²) in [5, 5.41) is 1.26. The van der Waals surface area contributed by atoms with E-state index in [9.17, 15) is 0 Å². The first kappa shape index (κ1) is 14.1. The van der Waals surface area contributed by atoms with E-state index < -0.39 is 0 Å². The van der Waals surface area contributed by atoms with Gasteiger partial charge >= 0.3 is 0 Å². The van der Waals surface area contributed by atoms with Gasteiger partial charge in [-0.1, -0.05) is 48.7 Å². The number of hydrogen-bond acceptors (Lipinski definition) is 2. The molecule has 0 spiro atoms. The Morgan fingerprint density at radius 1 is 1.44 bits per heavy atom. The molecule has 2 nitrogen and oxygen atoms in total. The Labute approximate surface area is 119 Å². The molecule has 2 N–H and O–H groups in total. The average molecular weight is 287 g/mol. The van der Waals surface area contributed by atoms with Crippen LogP contribution < -0.4 is 5.73 Å². The van der Waals surface area contributed by atoms with Crippen molar-refractivity contribution >= 4 is 23.2 Å². The highest BCUT2D eigenvalue weighted by Crippen LogP contribution is 2.35. The summed E-state index contributed by atoms with van der Waals surface area (Å²) in [7, 11) is 0. The lowest BCUT2D eigenvalue weighted by atomic mass is 10.0. The van der Waals surface area contributed by atoms with E-state index >= 15 is 0 Å². The van der Waals surface area contributed by atoms with Crippen LogP contribution in [0.1, 0.15) is 31.4 Å². The Balaban J connectivity index is 2.21. The molecule has 1 saturated heterocycles. The Kier molecular flexibility index (Phi) is 4.91. The molecule has 2 atom stereocenters. The van der Waals surface area contributed by atoms with Gasteiger partial charge in [0.1, 0.15) is 0 Å². The summed E-state index contributed by atoms with van der Waals surface area (Å²) in [4.78, 5) is 2.44. The molecule has 1 heterocycles. The quantitative estimate of drug-likeness (QED) is 0.914. The average Bonchev–Trinajstić information content (AvgIpc) is 2.84. The summed E-state index contributed by atoms with van der Waals surface area (Å²) in [5.74, 6) is 0.789. The van der Waals surface area contributed by atoms with Crippen LogP contribution in [0.15, 0.2) is 18.2 Å². The molecule has 0 bridgehead atoms. The second-order valence-electron chi connectivity index (χ2n) is 4.95. The molecule has 1 aliphatic rings. The van der Waals surface area contributed by atoms with Crippen LogP contribution in [0, 0.1) is 5.92 Å². The maximum absolute atomic E-state index is 6.30. The van der Waals surface area contributed by atoms with Crippen molar-refractivity contribution in [1.82, 2.24) is 4.90 Å². The molecule has 1 aromatic rings. The first-order valence-corrected chi connectivity index (χ1v) is 7.31. The van der Waals surface area contributed by atoms with Gasteiger partial charge in [-0.25, -0.2) is 0 Å². The summed E-state index contributed by atoms with van der Waals surface area (Å²) in [6.07, 6.45) is 2.49. The van der Waals surface area contributed by atoms with E-state index in [2.05, 4.69) is 11.8 Å². The van der Waals surface area contributed by atoms with Crippen LogP contribution >= 0.6 is 23.2 Å². The lowest BCUT2D eigenvalue weighted by molar-refractivity contribution is 0.241. The molecular weight excluding hydrogens is 267 g/mol. The molecule has 4 heteroatoms. The number of halogens is 2. The number of benzene rings is 1. The van der Waals surface area contributed by atoms with E-state index in [0.717, 1.165) is 24.6 Å². The van der Waals surface area contributed by atoms with Crippen molar-refractivity contribution in [3.8, 4) is 0 Å². The Bertz CT molecular complexity index is 409. The van der Waals surface area contributed by atoms with Crippen LogP contribution in [-0.2, 0) is 0 Å². The first-order valence-electron chi connectivity index (χ1n) is 6.55. The highest BCUT2D eigenvalue weighted by atomic mass is 35.5. The van der Waals surface area contributed by atoms with Crippen molar-refractivity contribution in [1.29, 1.82) is 0 Å². The molecule has 0 aromatic heterocycles. The minimum atomic E-state index is 0.188. The van der Waals surface area contributed by atoms with Crippen LogP contribution in [0.4, 0.5) is 0 Å². The van der Waals surface area contributed by atoms with Gasteiger partial charge in [0.25, 0.3) is 0 Å². The second kappa shape index (κ2) is 6.25. The molecule has 1 fully saturated rings. The highest BCUT2D eigenvalue weighted by Gasteiger charge is 2.28. The smallest absolute Gasteiger partial charge is 0.0640 e. The molecule has 2 unspecified atom stereocenters. The SMILES string of the molecule is CCC1CCN(C(CN)c2cccc(Cl)c2Cl)C1. The predicted molar refractivity (Wildman–Crippen MR) is 78.2 cm³/mol. The van der Waals surface area contributed by atoms with E-state index in [-0.39, 0.29) is 6.04 Å². The minimum Gasteiger partial charge on any atom is -0.329 e. The maximum Gasteiger partial charge on any atom is 0.0640 e. The monoisotopic (exact) mass is 286 g/mol. The number of rotatable bonds is 4. The van der Waals surface area contributed by atoms with Crippen LogP contribution in [0.2, 0.25) is 10.0 Å². The third kappa shape index (κ3) is 2.83. The van der Waals surface area contributed by atoms with Gasteiger partial charge in [0.15, 0.2) is 0 Å². The zero-order valence-electron chi connectivity index (χ0n) is 10.7. The molecule has 0 amide bonds. The van der Waals surface area contributed by atoms with Crippen molar-refractivity contribution in [2.24, 2.45) is 11.7 Å². The van der Waals surface area contributed by atoms with Crippen molar-refractivity contribution in [3.05, 3.63) is 33.8 Å². The van der Waals surface area contributed by atoms with E-state index in [1.165, 1.54) is 12.8 Å². The standard InChI is InChI=1S/C14H20Cl2N2/c1-2-10-6-7-18(9-10)13(8-17)11-4-3-5-12(15)14(11)16/h3-5,10,13H,2,6-9,17H2,1H3. The normalized spacial score (nSPS) is 22.3. The Morgan fingerprint density at radius 2 is 2.22 bits per heavy atom. The van der Waals surface area contributed by atoms with E-state index in [0.29, 0.717) is 16.6 Å². The van der Waals surface area contributed by atoms with Crippen molar-refractivity contribution in [2.75, 3.05) is 19.6 Å². The van der Waals surface area contributed by atoms with Gasteiger partial charge in [0.05, 0.1) is 10.0 Å². The highest BCUT2D eigenvalue weighted by molar-refractivity contribution is 6.42. The lowest BCUT2D eigenvalue weighted by Gasteiger charge is -2.28. The van der Waals surface area contributed by atoms with Crippen molar-refractivity contribution in [3.63, 3.8) is 0 Å². The fourth-order valence-corrected chi connectivity index (χ4v) is 3.16. The fraction of sp³-hybridized carbons (Fsp3) is 0.571. The van der Waals surface area contributed by atoms with Crippen LogP contribution in [0.25, 0.3) is 0 Å². The molecule has 0 saturated carbocycles. The van der Waals surface area contributed by atoms with Gasteiger partial charge in [-0.2, -0.15) is 0 Å². The minimum absolute atomic E-state index is 0.188. The predicted octanol–water partition coefficient (Wildman–Crippen LogP) is 3.73. The van der Waals surface area contributed by atoms with Crippen molar-refractivity contribution < 1.29 is 0 Å². The van der Waals surface area contributed by atoms with E-state index in [1.807, 2.05) is 18.2 Å². The fourth-order valence-electron chi connectivity index (χ4n) is 2.73. The summed E-state index contributed by atoms with van der Waals surface area (Å²) < 4.78 is 0. The molecule has 18 heavy (non-hydrogen) atoms. The Morgan fingerprint density at radius 3 is 2.83 bits per heavy atom. The zero-order valence-corrected chi connectivity index (χ0v) is 12.2. The van der Waals surface area contributed by atoms with Gasteiger partial charge in [-0.3, -0.25) is 4.90 Å². The summed E-state index contributed by atoms with van der Waals surface area (Å²) in [6.45, 7) is 5.04. The molecule has 100 valence electrons. The number of hydrogen-bond donors (Lipinski definition) is 1. The third-order valence-corrected chi connectivity index (χ3v) is 4.73. The molecule has 0 aliphatic carbocycles. The van der Waals surface area contributed by atoms with E-state index in [1.54, 1.807) is 0 Å².